The highest BCUT2D eigenvalue weighted by molar-refractivity contribution is 5.82. The van der Waals surface area contributed by atoms with Gasteiger partial charge in [0.1, 0.15) is 0 Å². The molecular formula is C23H34N2. The second-order valence-corrected chi connectivity index (χ2v) is 6.30. The summed E-state index contributed by atoms with van der Waals surface area (Å²) >= 11 is 0. The van der Waals surface area contributed by atoms with Gasteiger partial charge < -0.3 is 10.2 Å². The first kappa shape index (κ1) is 21.1. The van der Waals surface area contributed by atoms with E-state index in [0.717, 1.165) is 25.9 Å². The lowest BCUT2D eigenvalue weighted by molar-refractivity contribution is 0.505. The SMILES string of the molecule is CC.CN(C)C.c1ccc(C(=C2CCNCC2)c2ccccc2)cc1. The van der Waals surface area contributed by atoms with Gasteiger partial charge in [-0.3, -0.25) is 0 Å². The molecule has 0 spiro atoms. The van der Waals surface area contributed by atoms with Crippen LogP contribution in [0.15, 0.2) is 66.2 Å². The van der Waals surface area contributed by atoms with Crippen LogP contribution in [0.2, 0.25) is 0 Å². The molecule has 0 unspecified atom stereocenters. The summed E-state index contributed by atoms with van der Waals surface area (Å²) in [5.41, 5.74) is 5.69. The zero-order chi connectivity index (χ0) is 18.5. The molecule has 1 fully saturated rings. The van der Waals surface area contributed by atoms with Crippen molar-refractivity contribution >= 4 is 5.57 Å². The van der Waals surface area contributed by atoms with Crippen LogP contribution in [0.4, 0.5) is 0 Å². The first-order valence-corrected chi connectivity index (χ1v) is 9.33. The normalized spacial score (nSPS) is 13.3. The Bertz CT molecular complexity index is 548. The van der Waals surface area contributed by atoms with Crippen LogP contribution in [0, 0.1) is 0 Å². The Morgan fingerprint density at radius 2 is 1.08 bits per heavy atom. The molecule has 2 aromatic rings. The van der Waals surface area contributed by atoms with Crippen LogP contribution in [0.1, 0.15) is 37.8 Å². The zero-order valence-electron chi connectivity index (χ0n) is 16.5. The van der Waals surface area contributed by atoms with Crippen molar-refractivity contribution in [3.63, 3.8) is 0 Å². The van der Waals surface area contributed by atoms with Crippen molar-refractivity contribution in [2.45, 2.75) is 26.7 Å². The Hall–Kier alpha value is -1.90. The van der Waals surface area contributed by atoms with E-state index >= 15 is 0 Å². The van der Waals surface area contributed by atoms with Crippen molar-refractivity contribution in [2.24, 2.45) is 0 Å². The van der Waals surface area contributed by atoms with Gasteiger partial charge in [0.05, 0.1) is 0 Å². The van der Waals surface area contributed by atoms with Crippen LogP contribution in [0.25, 0.3) is 5.57 Å². The van der Waals surface area contributed by atoms with Gasteiger partial charge in [-0.2, -0.15) is 0 Å². The van der Waals surface area contributed by atoms with Gasteiger partial charge >= 0.3 is 0 Å². The van der Waals surface area contributed by atoms with Gasteiger partial charge in [0, 0.05) is 0 Å². The molecule has 3 rings (SSSR count). The van der Waals surface area contributed by atoms with E-state index in [2.05, 4.69) is 66.0 Å². The van der Waals surface area contributed by atoms with E-state index < -0.39 is 0 Å². The maximum atomic E-state index is 3.44. The highest BCUT2D eigenvalue weighted by atomic mass is 15.0. The van der Waals surface area contributed by atoms with Gasteiger partial charge in [0.25, 0.3) is 0 Å². The molecule has 2 nitrogen and oxygen atoms in total. The van der Waals surface area contributed by atoms with Gasteiger partial charge in [0.15, 0.2) is 0 Å². The third-order valence-corrected chi connectivity index (χ3v) is 3.69. The van der Waals surface area contributed by atoms with Crippen molar-refractivity contribution in [1.29, 1.82) is 0 Å². The first-order chi connectivity index (χ1) is 12.2. The molecule has 1 heterocycles. The number of rotatable bonds is 2. The molecule has 0 bridgehead atoms. The lowest BCUT2D eigenvalue weighted by Crippen LogP contribution is -2.23. The van der Waals surface area contributed by atoms with E-state index in [-0.39, 0.29) is 0 Å². The average Bonchev–Trinajstić information content (AvgIpc) is 2.66. The van der Waals surface area contributed by atoms with Crippen LogP contribution in [-0.2, 0) is 0 Å². The van der Waals surface area contributed by atoms with Crippen LogP contribution in [0.5, 0.6) is 0 Å². The quantitative estimate of drug-likeness (QED) is 0.822. The predicted molar refractivity (Wildman–Crippen MR) is 112 cm³/mol. The fraction of sp³-hybridized carbons (Fsp3) is 0.391. The molecule has 0 saturated carbocycles. The highest BCUT2D eigenvalue weighted by Gasteiger charge is 2.13. The van der Waals surface area contributed by atoms with Crippen LogP contribution >= 0.6 is 0 Å². The summed E-state index contributed by atoms with van der Waals surface area (Å²) in [6, 6.07) is 21.5. The average molecular weight is 339 g/mol. The van der Waals surface area contributed by atoms with Crippen molar-refractivity contribution in [2.75, 3.05) is 34.2 Å². The van der Waals surface area contributed by atoms with Gasteiger partial charge in [0.2, 0.25) is 0 Å². The fourth-order valence-electron chi connectivity index (χ4n) is 2.76. The summed E-state index contributed by atoms with van der Waals surface area (Å²) in [5.74, 6) is 0. The molecule has 0 amide bonds. The lowest BCUT2D eigenvalue weighted by Gasteiger charge is -2.21. The maximum Gasteiger partial charge on any atom is -0.00111 e. The Morgan fingerprint density at radius 1 is 0.720 bits per heavy atom. The Balaban J connectivity index is 0.000000461. The van der Waals surface area contributed by atoms with Crippen LogP contribution in [0.3, 0.4) is 0 Å². The van der Waals surface area contributed by atoms with E-state index in [1.807, 2.05) is 39.9 Å². The topological polar surface area (TPSA) is 15.3 Å². The van der Waals surface area contributed by atoms with Gasteiger partial charge in [-0.05, 0) is 63.8 Å². The molecule has 1 saturated heterocycles. The summed E-state index contributed by atoms with van der Waals surface area (Å²) in [7, 11) is 6.00. The van der Waals surface area contributed by atoms with Crippen molar-refractivity contribution in [1.82, 2.24) is 10.2 Å². The lowest BCUT2D eigenvalue weighted by atomic mass is 9.89. The number of benzene rings is 2. The summed E-state index contributed by atoms with van der Waals surface area (Å²) in [4.78, 5) is 2.00. The largest absolute Gasteiger partial charge is 0.316 e. The smallest absolute Gasteiger partial charge is 0.00111 e. The van der Waals surface area contributed by atoms with Gasteiger partial charge in [-0.25, -0.2) is 0 Å². The minimum absolute atomic E-state index is 1.10. The maximum absolute atomic E-state index is 3.44. The monoisotopic (exact) mass is 338 g/mol. The molecule has 136 valence electrons. The molecule has 2 heteroatoms. The van der Waals surface area contributed by atoms with Crippen LogP contribution in [-0.4, -0.2) is 39.1 Å². The van der Waals surface area contributed by atoms with Gasteiger partial charge in [-0.1, -0.05) is 80.1 Å². The molecule has 2 aromatic carbocycles. The number of hydrogen-bond donors (Lipinski definition) is 1. The zero-order valence-corrected chi connectivity index (χ0v) is 16.5. The second-order valence-electron chi connectivity index (χ2n) is 6.30. The summed E-state index contributed by atoms with van der Waals surface area (Å²) < 4.78 is 0. The van der Waals surface area contributed by atoms with E-state index in [0.29, 0.717) is 0 Å². The molecule has 0 aliphatic carbocycles. The molecule has 1 aliphatic rings. The number of hydrogen-bond acceptors (Lipinski definition) is 2. The second kappa shape index (κ2) is 12.5. The number of piperidine rings is 1. The van der Waals surface area contributed by atoms with E-state index in [4.69, 9.17) is 0 Å². The third-order valence-electron chi connectivity index (χ3n) is 3.69. The minimum Gasteiger partial charge on any atom is -0.316 e. The molecule has 25 heavy (non-hydrogen) atoms. The first-order valence-electron chi connectivity index (χ1n) is 9.33. The molecule has 0 radical (unpaired) electrons. The van der Waals surface area contributed by atoms with Crippen molar-refractivity contribution in [3.8, 4) is 0 Å². The van der Waals surface area contributed by atoms with Crippen molar-refractivity contribution < 1.29 is 0 Å². The third kappa shape index (κ3) is 7.68. The van der Waals surface area contributed by atoms with Gasteiger partial charge in [-0.15, -0.1) is 0 Å². The molecule has 1 aliphatic heterocycles. The van der Waals surface area contributed by atoms with E-state index in [1.165, 1.54) is 16.7 Å². The molecule has 0 atom stereocenters. The Morgan fingerprint density at radius 3 is 1.44 bits per heavy atom. The summed E-state index contributed by atoms with van der Waals surface area (Å²) in [5, 5.41) is 3.44. The molecular weight excluding hydrogens is 304 g/mol. The minimum atomic E-state index is 1.10. The predicted octanol–water partition coefficient (Wildman–Crippen LogP) is 5.08. The number of nitrogens with zero attached hydrogens (tertiary/aromatic N) is 1. The Labute approximate surface area is 154 Å². The van der Waals surface area contributed by atoms with E-state index in [1.54, 1.807) is 5.57 Å². The Kier molecular flexibility index (Phi) is 10.5. The summed E-state index contributed by atoms with van der Waals surface area (Å²) in [6.45, 7) is 6.19. The molecule has 1 N–H and O–H groups in total. The standard InChI is InChI=1S/C18H19N.C3H9N.C2H6/c1-3-7-15(8-4-1)18(16-9-5-2-6-10-16)17-11-13-19-14-12-17;1-4(2)3;1-2/h1-10,19H,11-14H2;1-3H3;1-2H3. The van der Waals surface area contributed by atoms with E-state index in [9.17, 15) is 0 Å². The summed E-state index contributed by atoms with van der Waals surface area (Å²) in [6.07, 6.45) is 2.30. The molecule has 0 aromatic heterocycles. The van der Waals surface area contributed by atoms with Crippen LogP contribution < -0.4 is 5.32 Å². The highest BCUT2D eigenvalue weighted by Crippen LogP contribution is 2.30. The number of nitrogens with one attached hydrogen (secondary N) is 1. The fourth-order valence-corrected chi connectivity index (χ4v) is 2.76. The van der Waals surface area contributed by atoms with Crippen molar-refractivity contribution in [3.05, 3.63) is 77.4 Å².